The number of urea groups is 1. The number of aryl methyl sites for hydroxylation is 1. The molecule has 0 aliphatic heterocycles. The van der Waals surface area contributed by atoms with Crippen molar-refractivity contribution in [1.82, 2.24) is 5.32 Å². The standard InChI is InChI=1S/C11H17N3O/c1-8-3-5-10(6-4-8)14-11(15)13-7-9(2)12/h3-6,9H,7,12H2,1-2H3,(H2,13,14,15). The number of rotatable bonds is 3. The molecule has 0 radical (unpaired) electrons. The lowest BCUT2D eigenvalue weighted by Gasteiger charge is -2.09. The lowest BCUT2D eigenvalue weighted by atomic mass is 10.2. The Labute approximate surface area is 89.9 Å². The molecule has 0 fully saturated rings. The molecule has 4 heteroatoms. The van der Waals surface area contributed by atoms with E-state index < -0.39 is 0 Å². The SMILES string of the molecule is Cc1ccc(NC(=O)NCC(C)N)cc1. The van der Waals surface area contributed by atoms with Gasteiger partial charge in [0, 0.05) is 18.3 Å². The highest BCUT2D eigenvalue weighted by Gasteiger charge is 2.01. The van der Waals surface area contributed by atoms with Gasteiger partial charge in [0.15, 0.2) is 0 Å². The molecule has 4 N–H and O–H groups in total. The first kappa shape index (κ1) is 11.5. The minimum absolute atomic E-state index is 0.0335. The third kappa shape index (κ3) is 4.46. The summed E-state index contributed by atoms with van der Waals surface area (Å²) in [6.07, 6.45) is 0. The number of amides is 2. The first-order chi connectivity index (χ1) is 7.08. The number of anilines is 1. The summed E-state index contributed by atoms with van der Waals surface area (Å²) in [6.45, 7) is 4.31. The molecular formula is C11H17N3O. The zero-order chi connectivity index (χ0) is 11.3. The van der Waals surface area contributed by atoms with E-state index in [1.54, 1.807) is 0 Å². The largest absolute Gasteiger partial charge is 0.336 e. The number of nitrogens with two attached hydrogens (primary N) is 1. The van der Waals surface area contributed by atoms with Crippen LogP contribution in [0.15, 0.2) is 24.3 Å². The third-order valence-corrected chi connectivity index (χ3v) is 1.89. The van der Waals surface area contributed by atoms with E-state index in [2.05, 4.69) is 10.6 Å². The van der Waals surface area contributed by atoms with Crippen molar-refractivity contribution in [3.8, 4) is 0 Å². The fourth-order valence-corrected chi connectivity index (χ4v) is 1.07. The number of nitrogens with one attached hydrogen (secondary N) is 2. The first-order valence-electron chi connectivity index (χ1n) is 4.95. The molecule has 0 heterocycles. The Balaban J connectivity index is 2.41. The molecule has 0 saturated carbocycles. The Hall–Kier alpha value is -1.55. The fourth-order valence-electron chi connectivity index (χ4n) is 1.07. The highest BCUT2D eigenvalue weighted by Crippen LogP contribution is 2.07. The predicted molar refractivity (Wildman–Crippen MR) is 61.8 cm³/mol. The summed E-state index contributed by atoms with van der Waals surface area (Å²) < 4.78 is 0. The van der Waals surface area contributed by atoms with Crippen LogP contribution >= 0.6 is 0 Å². The van der Waals surface area contributed by atoms with Crippen LogP contribution in [0.2, 0.25) is 0 Å². The average Bonchev–Trinajstić information content (AvgIpc) is 2.19. The fraction of sp³-hybridized carbons (Fsp3) is 0.364. The van der Waals surface area contributed by atoms with Crippen molar-refractivity contribution in [2.45, 2.75) is 19.9 Å². The summed E-state index contributed by atoms with van der Waals surface area (Å²) >= 11 is 0. The Bertz CT molecular complexity index is 319. The van der Waals surface area contributed by atoms with Gasteiger partial charge in [0.05, 0.1) is 0 Å². The molecule has 82 valence electrons. The van der Waals surface area contributed by atoms with E-state index >= 15 is 0 Å². The van der Waals surface area contributed by atoms with Gasteiger partial charge in [-0.25, -0.2) is 4.79 Å². The second kappa shape index (κ2) is 5.36. The van der Waals surface area contributed by atoms with Crippen molar-refractivity contribution < 1.29 is 4.79 Å². The highest BCUT2D eigenvalue weighted by atomic mass is 16.2. The molecule has 0 bridgehead atoms. The average molecular weight is 207 g/mol. The molecule has 2 amide bonds. The van der Waals surface area contributed by atoms with E-state index in [9.17, 15) is 4.79 Å². The lowest BCUT2D eigenvalue weighted by molar-refractivity contribution is 0.251. The van der Waals surface area contributed by atoms with Gasteiger partial charge in [0.25, 0.3) is 0 Å². The zero-order valence-corrected chi connectivity index (χ0v) is 9.08. The van der Waals surface area contributed by atoms with Crippen LogP contribution < -0.4 is 16.4 Å². The molecule has 0 saturated heterocycles. The number of carbonyl (C=O) groups excluding carboxylic acids is 1. The van der Waals surface area contributed by atoms with Crippen LogP contribution in [-0.4, -0.2) is 18.6 Å². The third-order valence-electron chi connectivity index (χ3n) is 1.89. The van der Waals surface area contributed by atoms with Gasteiger partial charge in [-0.15, -0.1) is 0 Å². The Morgan fingerprint density at radius 3 is 2.53 bits per heavy atom. The zero-order valence-electron chi connectivity index (χ0n) is 9.08. The van der Waals surface area contributed by atoms with Gasteiger partial charge in [-0.3, -0.25) is 0 Å². The van der Waals surface area contributed by atoms with Crippen molar-refractivity contribution in [2.75, 3.05) is 11.9 Å². The first-order valence-corrected chi connectivity index (χ1v) is 4.95. The summed E-state index contributed by atoms with van der Waals surface area (Å²) in [7, 11) is 0. The Kier molecular flexibility index (Phi) is 4.12. The summed E-state index contributed by atoms with van der Waals surface area (Å²) in [5, 5.41) is 5.39. The lowest BCUT2D eigenvalue weighted by Crippen LogP contribution is -2.37. The number of hydrogen-bond acceptors (Lipinski definition) is 2. The van der Waals surface area contributed by atoms with Crippen LogP contribution in [0.1, 0.15) is 12.5 Å². The quantitative estimate of drug-likeness (QED) is 0.702. The number of benzene rings is 1. The van der Waals surface area contributed by atoms with Crippen molar-refractivity contribution >= 4 is 11.7 Å². The second-order valence-electron chi connectivity index (χ2n) is 3.68. The van der Waals surface area contributed by atoms with Gasteiger partial charge in [0.2, 0.25) is 0 Å². The summed E-state index contributed by atoms with van der Waals surface area (Å²) in [5.74, 6) is 0. The van der Waals surface area contributed by atoms with Gasteiger partial charge in [-0.1, -0.05) is 17.7 Å². The summed E-state index contributed by atoms with van der Waals surface area (Å²) in [6, 6.07) is 7.36. The molecule has 0 spiro atoms. The van der Waals surface area contributed by atoms with E-state index in [-0.39, 0.29) is 12.1 Å². The van der Waals surface area contributed by atoms with Crippen LogP contribution in [0.4, 0.5) is 10.5 Å². The molecule has 1 rings (SSSR count). The monoisotopic (exact) mass is 207 g/mol. The van der Waals surface area contributed by atoms with E-state index in [4.69, 9.17) is 5.73 Å². The van der Waals surface area contributed by atoms with Gasteiger partial charge >= 0.3 is 6.03 Å². The minimum atomic E-state index is -0.226. The van der Waals surface area contributed by atoms with Crippen LogP contribution in [0.25, 0.3) is 0 Å². The number of carbonyl (C=O) groups is 1. The molecule has 0 aromatic heterocycles. The van der Waals surface area contributed by atoms with Gasteiger partial charge in [-0.05, 0) is 26.0 Å². The molecule has 15 heavy (non-hydrogen) atoms. The van der Waals surface area contributed by atoms with Crippen LogP contribution in [0, 0.1) is 6.92 Å². The second-order valence-corrected chi connectivity index (χ2v) is 3.68. The van der Waals surface area contributed by atoms with Gasteiger partial charge < -0.3 is 16.4 Å². The molecule has 1 aromatic rings. The maximum absolute atomic E-state index is 11.3. The molecule has 1 aromatic carbocycles. The van der Waals surface area contributed by atoms with E-state index in [1.165, 1.54) is 0 Å². The maximum atomic E-state index is 11.3. The Morgan fingerprint density at radius 2 is 2.00 bits per heavy atom. The topological polar surface area (TPSA) is 67.2 Å². The van der Waals surface area contributed by atoms with Crippen LogP contribution in [-0.2, 0) is 0 Å². The minimum Gasteiger partial charge on any atom is -0.336 e. The highest BCUT2D eigenvalue weighted by molar-refractivity contribution is 5.89. The predicted octanol–water partition coefficient (Wildman–Crippen LogP) is 1.46. The summed E-state index contributed by atoms with van der Waals surface area (Å²) in [5.41, 5.74) is 7.46. The molecule has 1 atom stereocenters. The smallest absolute Gasteiger partial charge is 0.319 e. The molecule has 0 aliphatic carbocycles. The van der Waals surface area contributed by atoms with E-state index in [0.29, 0.717) is 6.54 Å². The van der Waals surface area contributed by atoms with E-state index in [0.717, 1.165) is 11.3 Å². The molecular weight excluding hydrogens is 190 g/mol. The van der Waals surface area contributed by atoms with Crippen LogP contribution in [0.5, 0.6) is 0 Å². The van der Waals surface area contributed by atoms with Crippen molar-refractivity contribution in [1.29, 1.82) is 0 Å². The summed E-state index contributed by atoms with van der Waals surface area (Å²) in [4.78, 5) is 11.3. The molecule has 1 unspecified atom stereocenters. The van der Waals surface area contributed by atoms with Gasteiger partial charge in [-0.2, -0.15) is 0 Å². The van der Waals surface area contributed by atoms with Crippen LogP contribution in [0.3, 0.4) is 0 Å². The number of hydrogen-bond donors (Lipinski definition) is 3. The Morgan fingerprint density at radius 1 is 1.40 bits per heavy atom. The molecule has 4 nitrogen and oxygen atoms in total. The molecule has 0 aliphatic rings. The normalized spacial score (nSPS) is 11.9. The van der Waals surface area contributed by atoms with E-state index in [1.807, 2.05) is 38.1 Å². The van der Waals surface area contributed by atoms with Gasteiger partial charge in [0.1, 0.15) is 0 Å². The maximum Gasteiger partial charge on any atom is 0.319 e. The van der Waals surface area contributed by atoms with Crippen molar-refractivity contribution in [2.24, 2.45) is 5.73 Å². The van der Waals surface area contributed by atoms with Crippen molar-refractivity contribution in [3.05, 3.63) is 29.8 Å². The van der Waals surface area contributed by atoms with Crippen molar-refractivity contribution in [3.63, 3.8) is 0 Å².